The monoisotopic (exact) mass is 139 g/mol. The molecule has 2 nitrogen and oxygen atoms in total. The van der Waals surface area contributed by atoms with Crippen LogP contribution in [0.25, 0.3) is 0 Å². The molecule has 0 atom stereocenters. The Hall–Kier alpha value is -0.790. The Morgan fingerprint density at radius 2 is 2.00 bits per heavy atom. The third-order valence-corrected chi connectivity index (χ3v) is 2.01. The highest BCUT2D eigenvalue weighted by atomic mass is 16.5. The second-order valence-corrected chi connectivity index (χ2v) is 2.81. The number of allylic oxidation sites excluding steroid dienone is 2. The normalized spacial score (nSPS) is 19.3. The zero-order valence-electron chi connectivity index (χ0n) is 6.39. The highest BCUT2D eigenvalue weighted by molar-refractivity contribution is 5.19. The van der Waals surface area contributed by atoms with Crippen LogP contribution in [0.3, 0.4) is 0 Å². The quantitative estimate of drug-likeness (QED) is 0.236. The van der Waals surface area contributed by atoms with Gasteiger partial charge in [-0.3, -0.25) is 0 Å². The number of hydrogen-bond donors (Lipinski definition) is 0. The Morgan fingerprint density at radius 1 is 1.40 bits per heavy atom. The smallest absolute Gasteiger partial charge is 0.191 e. The molecule has 0 N–H and O–H groups in total. The van der Waals surface area contributed by atoms with Crippen molar-refractivity contribution in [2.75, 3.05) is 0 Å². The molecule has 0 spiro atoms. The largest absolute Gasteiger partial charge is 0.619 e. The van der Waals surface area contributed by atoms with E-state index in [9.17, 15) is 5.21 Å². The lowest BCUT2D eigenvalue weighted by molar-refractivity contribution is -0.397. The van der Waals surface area contributed by atoms with E-state index in [0.29, 0.717) is 0 Å². The summed E-state index contributed by atoms with van der Waals surface area (Å²) in [4.78, 5) is 0. The lowest BCUT2D eigenvalue weighted by Gasteiger charge is -2.14. The van der Waals surface area contributed by atoms with Crippen LogP contribution in [0, 0.1) is 5.21 Å². The summed E-state index contributed by atoms with van der Waals surface area (Å²) in [6, 6.07) is 0. The second kappa shape index (κ2) is 2.86. The van der Waals surface area contributed by atoms with Crippen LogP contribution < -0.4 is 0 Å². The Bertz CT molecular complexity index is 182. The van der Waals surface area contributed by atoms with E-state index in [-0.39, 0.29) is 0 Å². The fourth-order valence-electron chi connectivity index (χ4n) is 1.38. The Kier molecular flexibility index (Phi) is 2.10. The molecule has 0 saturated carbocycles. The standard InChI is InChI=1S/C8H13NO/c1-7-5-3-4-6-8(7)9(2)10/h2-6H2,1H3. The maximum absolute atomic E-state index is 10.8. The van der Waals surface area contributed by atoms with E-state index >= 15 is 0 Å². The summed E-state index contributed by atoms with van der Waals surface area (Å²) in [6.07, 6.45) is 4.35. The van der Waals surface area contributed by atoms with Crippen molar-refractivity contribution in [3.05, 3.63) is 16.5 Å². The van der Waals surface area contributed by atoms with Gasteiger partial charge in [-0.25, -0.2) is 0 Å². The lowest BCUT2D eigenvalue weighted by atomic mass is 9.98. The zero-order valence-corrected chi connectivity index (χ0v) is 6.39. The summed E-state index contributed by atoms with van der Waals surface area (Å²) in [5, 5.41) is 10.8. The minimum absolute atomic E-state index is 0.758. The van der Waals surface area contributed by atoms with E-state index < -0.39 is 0 Å². The molecule has 0 unspecified atom stereocenters. The van der Waals surface area contributed by atoms with Crippen molar-refractivity contribution in [1.29, 1.82) is 0 Å². The van der Waals surface area contributed by atoms with E-state index in [1.807, 2.05) is 6.92 Å². The Labute approximate surface area is 61.5 Å². The van der Waals surface area contributed by atoms with Crippen LogP contribution in [0.15, 0.2) is 11.3 Å². The highest BCUT2D eigenvalue weighted by Crippen LogP contribution is 2.23. The molecule has 0 aromatic rings. The summed E-state index contributed by atoms with van der Waals surface area (Å²) in [5.41, 5.74) is 2.11. The summed E-state index contributed by atoms with van der Waals surface area (Å²) in [5.74, 6) is 0. The summed E-state index contributed by atoms with van der Waals surface area (Å²) in [7, 11) is 0. The average Bonchev–Trinajstić information content (AvgIpc) is 1.88. The third-order valence-electron chi connectivity index (χ3n) is 2.01. The Morgan fingerprint density at radius 3 is 2.40 bits per heavy atom. The van der Waals surface area contributed by atoms with Gasteiger partial charge in [0.2, 0.25) is 0 Å². The molecule has 0 fully saturated rings. The van der Waals surface area contributed by atoms with Gasteiger partial charge < -0.3 is 5.21 Å². The van der Waals surface area contributed by atoms with Crippen LogP contribution in [0.5, 0.6) is 0 Å². The van der Waals surface area contributed by atoms with Crippen LogP contribution in [0.4, 0.5) is 0 Å². The van der Waals surface area contributed by atoms with E-state index in [1.54, 1.807) is 0 Å². The van der Waals surface area contributed by atoms with Crippen molar-refractivity contribution in [1.82, 2.24) is 0 Å². The van der Waals surface area contributed by atoms with Gasteiger partial charge in [0.1, 0.15) is 6.72 Å². The molecule has 1 aliphatic carbocycles. The van der Waals surface area contributed by atoms with E-state index in [4.69, 9.17) is 0 Å². The predicted molar refractivity (Wildman–Crippen MR) is 41.9 cm³/mol. The zero-order chi connectivity index (χ0) is 7.56. The number of hydrogen-bond acceptors (Lipinski definition) is 1. The van der Waals surface area contributed by atoms with Crippen molar-refractivity contribution < 1.29 is 4.74 Å². The van der Waals surface area contributed by atoms with E-state index in [0.717, 1.165) is 29.7 Å². The van der Waals surface area contributed by atoms with Gasteiger partial charge in [-0.15, -0.1) is 0 Å². The fourth-order valence-corrected chi connectivity index (χ4v) is 1.38. The second-order valence-electron chi connectivity index (χ2n) is 2.81. The molecular weight excluding hydrogens is 126 g/mol. The van der Waals surface area contributed by atoms with Crippen molar-refractivity contribution in [2.45, 2.75) is 32.6 Å². The Balaban J connectivity index is 2.78. The van der Waals surface area contributed by atoms with Crippen LogP contribution in [0.1, 0.15) is 32.6 Å². The highest BCUT2D eigenvalue weighted by Gasteiger charge is 2.13. The molecule has 0 bridgehead atoms. The summed E-state index contributed by atoms with van der Waals surface area (Å²) >= 11 is 0. The van der Waals surface area contributed by atoms with Gasteiger partial charge in [0.05, 0.1) is 0 Å². The molecule has 10 heavy (non-hydrogen) atoms. The van der Waals surface area contributed by atoms with E-state index in [2.05, 4.69) is 6.72 Å². The first-order valence-corrected chi connectivity index (χ1v) is 3.68. The van der Waals surface area contributed by atoms with Crippen LogP contribution in [0.2, 0.25) is 0 Å². The molecule has 0 aliphatic heterocycles. The van der Waals surface area contributed by atoms with Crippen LogP contribution in [-0.4, -0.2) is 11.5 Å². The average molecular weight is 139 g/mol. The SMILES string of the molecule is C=[N+]([O-])C1=C(C)CCCC1. The molecule has 0 saturated heterocycles. The van der Waals surface area contributed by atoms with Crippen molar-refractivity contribution >= 4 is 6.72 Å². The third kappa shape index (κ3) is 1.38. The molecule has 2 heteroatoms. The molecule has 1 rings (SSSR count). The van der Waals surface area contributed by atoms with Gasteiger partial charge in [0.15, 0.2) is 5.70 Å². The molecule has 0 heterocycles. The fraction of sp³-hybridized carbons (Fsp3) is 0.625. The molecule has 1 aliphatic rings. The predicted octanol–water partition coefficient (Wildman–Crippen LogP) is 2.05. The first kappa shape index (κ1) is 7.32. The molecule has 0 radical (unpaired) electrons. The number of hydroxylamine groups is 1. The van der Waals surface area contributed by atoms with Crippen molar-refractivity contribution in [3.8, 4) is 0 Å². The molecule has 0 aromatic heterocycles. The summed E-state index contributed by atoms with van der Waals surface area (Å²) < 4.78 is 0.758. The van der Waals surface area contributed by atoms with Gasteiger partial charge in [-0.05, 0) is 31.8 Å². The first-order valence-electron chi connectivity index (χ1n) is 3.68. The van der Waals surface area contributed by atoms with Crippen LogP contribution >= 0.6 is 0 Å². The van der Waals surface area contributed by atoms with Gasteiger partial charge in [0, 0.05) is 6.42 Å². The lowest BCUT2D eigenvalue weighted by Crippen LogP contribution is -2.06. The van der Waals surface area contributed by atoms with Crippen molar-refractivity contribution in [3.63, 3.8) is 0 Å². The number of nitrogens with zero attached hydrogens (tertiary/aromatic N) is 1. The topological polar surface area (TPSA) is 26.1 Å². The minimum Gasteiger partial charge on any atom is -0.619 e. The molecule has 56 valence electrons. The van der Waals surface area contributed by atoms with Gasteiger partial charge in [-0.1, -0.05) is 0 Å². The maximum atomic E-state index is 10.8. The molecule has 0 aromatic carbocycles. The summed E-state index contributed by atoms with van der Waals surface area (Å²) in [6.45, 7) is 5.35. The maximum Gasteiger partial charge on any atom is 0.191 e. The molecular formula is C8H13NO. The number of rotatable bonds is 1. The minimum atomic E-state index is 0.758. The van der Waals surface area contributed by atoms with Crippen LogP contribution in [-0.2, 0) is 0 Å². The van der Waals surface area contributed by atoms with Gasteiger partial charge >= 0.3 is 0 Å². The van der Waals surface area contributed by atoms with Gasteiger partial charge in [-0.2, -0.15) is 4.74 Å². The first-order chi connectivity index (χ1) is 4.72. The van der Waals surface area contributed by atoms with E-state index in [1.165, 1.54) is 12.0 Å². The van der Waals surface area contributed by atoms with Gasteiger partial charge in [0.25, 0.3) is 0 Å². The van der Waals surface area contributed by atoms with Crippen molar-refractivity contribution in [2.24, 2.45) is 0 Å². The molecule has 0 amide bonds.